The predicted molar refractivity (Wildman–Crippen MR) is 65.9 cm³/mol. The van der Waals surface area contributed by atoms with Crippen molar-refractivity contribution in [2.75, 3.05) is 7.05 Å². The molecule has 14 heavy (non-hydrogen) atoms. The summed E-state index contributed by atoms with van der Waals surface area (Å²) in [7, 11) is 1.81. The maximum absolute atomic E-state index is 10.1. The lowest BCUT2D eigenvalue weighted by atomic mass is 10.3. The Morgan fingerprint density at radius 1 is 1.36 bits per heavy atom. The second-order valence-electron chi connectivity index (χ2n) is 2.06. The quantitative estimate of drug-likeness (QED) is 0.528. The van der Waals surface area contributed by atoms with Gasteiger partial charge in [-0.25, -0.2) is 0 Å². The molecule has 0 spiro atoms. The van der Waals surface area contributed by atoms with Crippen molar-refractivity contribution in [1.29, 1.82) is 0 Å². The first kappa shape index (κ1) is 15.0. The highest BCUT2D eigenvalue weighted by atomic mass is 16.1. The third-order valence-corrected chi connectivity index (χ3v) is 1.36. The normalized spacial score (nSPS) is 10.9. The molecule has 84 valence electrons. The molecular weight excluding hydrogens is 176 g/mol. The molecule has 0 aliphatic heterocycles. The van der Waals surface area contributed by atoms with Gasteiger partial charge in [-0.05, 0) is 19.1 Å². The third-order valence-electron chi connectivity index (χ3n) is 1.36. The molecular formula is C11H24N2O. The molecule has 0 saturated heterocycles. The van der Waals surface area contributed by atoms with E-state index in [2.05, 4.69) is 17.2 Å². The van der Waals surface area contributed by atoms with Gasteiger partial charge in [0.15, 0.2) is 0 Å². The first-order chi connectivity index (χ1) is 6.78. The van der Waals surface area contributed by atoms with E-state index in [4.69, 9.17) is 0 Å². The maximum atomic E-state index is 10.1. The second-order valence-corrected chi connectivity index (χ2v) is 2.06. The first-order valence-electron chi connectivity index (χ1n) is 4.66. The number of carbonyl (C=O) groups excluding carboxylic acids is 1. The minimum absolute atomic E-state index is 0. The van der Waals surface area contributed by atoms with Crippen LogP contribution in [-0.4, -0.2) is 13.5 Å². The molecule has 0 atom stereocenters. The standard InChI is InChI=1S/C9H14N2O.C2H6.2H2/c1-4-8(10-3)6-9(5-2)11-7-12;1-2;;/h4-7,10H,2H2,1,3H3,(H,11,12);1-2H3;2*1H/b8-4+,9-6+;;;. The fourth-order valence-electron chi connectivity index (χ4n) is 0.695. The third kappa shape index (κ3) is 7.16. The second kappa shape index (κ2) is 11.5. The zero-order valence-electron chi connectivity index (χ0n) is 9.42. The van der Waals surface area contributed by atoms with Gasteiger partial charge >= 0.3 is 0 Å². The lowest BCUT2D eigenvalue weighted by molar-refractivity contribution is -0.108. The molecule has 3 nitrogen and oxygen atoms in total. The summed E-state index contributed by atoms with van der Waals surface area (Å²) in [5.41, 5.74) is 1.60. The number of likely N-dealkylation sites (N-methyl/N-ethyl adjacent to an activating group) is 1. The van der Waals surface area contributed by atoms with E-state index < -0.39 is 0 Å². The van der Waals surface area contributed by atoms with Crippen LogP contribution in [-0.2, 0) is 4.79 Å². The predicted octanol–water partition coefficient (Wildman–Crippen LogP) is 2.44. The van der Waals surface area contributed by atoms with Gasteiger partial charge in [-0.15, -0.1) is 0 Å². The van der Waals surface area contributed by atoms with Crippen molar-refractivity contribution < 1.29 is 7.65 Å². The van der Waals surface area contributed by atoms with Crippen LogP contribution in [0.3, 0.4) is 0 Å². The lowest BCUT2D eigenvalue weighted by Gasteiger charge is -2.02. The van der Waals surface area contributed by atoms with Crippen molar-refractivity contribution >= 4 is 6.41 Å². The van der Waals surface area contributed by atoms with Gasteiger partial charge in [0, 0.05) is 21.3 Å². The molecule has 3 heteroatoms. The molecule has 0 fully saturated rings. The fraction of sp³-hybridized carbons (Fsp3) is 0.364. The molecule has 0 aromatic rings. The summed E-state index contributed by atoms with van der Waals surface area (Å²) in [5.74, 6) is 0. The Kier molecular flexibility index (Phi) is 12.3. The monoisotopic (exact) mass is 200 g/mol. The molecule has 1 amide bonds. The molecule has 0 saturated carbocycles. The average Bonchev–Trinajstić information content (AvgIpc) is 2.27. The SMILES string of the molecule is C=C/C(=C\C(=C/C)NC)NC=O.CC.[HH].[HH]. The summed E-state index contributed by atoms with van der Waals surface area (Å²) < 4.78 is 0. The molecule has 0 aliphatic carbocycles. The lowest BCUT2D eigenvalue weighted by Crippen LogP contribution is -2.11. The van der Waals surface area contributed by atoms with Gasteiger partial charge in [0.05, 0.1) is 0 Å². The van der Waals surface area contributed by atoms with Gasteiger partial charge in [-0.3, -0.25) is 4.79 Å². The number of amides is 1. The minimum atomic E-state index is 0. The van der Waals surface area contributed by atoms with Crippen LogP contribution in [0.2, 0.25) is 0 Å². The van der Waals surface area contributed by atoms with Crippen molar-refractivity contribution in [2.24, 2.45) is 0 Å². The maximum Gasteiger partial charge on any atom is 0.211 e. The highest BCUT2D eigenvalue weighted by Crippen LogP contribution is 1.96. The molecule has 0 heterocycles. The molecule has 0 rings (SSSR count). The summed E-state index contributed by atoms with van der Waals surface area (Å²) in [5, 5.41) is 5.47. The molecule has 0 bridgehead atoms. The van der Waals surface area contributed by atoms with E-state index >= 15 is 0 Å². The van der Waals surface area contributed by atoms with Crippen molar-refractivity contribution in [3.63, 3.8) is 0 Å². The van der Waals surface area contributed by atoms with Crippen molar-refractivity contribution in [3.05, 3.63) is 36.2 Å². The van der Waals surface area contributed by atoms with Crippen LogP contribution < -0.4 is 10.6 Å². The Balaban J connectivity index is -0.000000169. The van der Waals surface area contributed by atoms with Gasteiger partial charge in [-0.2, -0.15) is 0 Å². The highest BCUT2D eigenvalue weighted by Gasteiger charge is 1.90. The number of allylic oxidation sites excluding steroid dienone is 3. The smallest absolute Gasteiger partial charge is 0.211 e. The van der Waals surface area contributed by atoms with Crippen LogP contribution in [0.4, 0.5) is 0 Å². The Morgan fingerprint density at radius 2 is 1.93 bits per heavy atom. The zero-order chi connectivity index (χ0) is 11.4. The number of hydrogen-bond acceptors (Lipinski definition) is 2. The van der Waals surface area contributed by atoms with Crippen molar-refractivity contribution in [3.8, 4) is 0 Å². The van der Waals surface area contributed by atoms with E-state index in [0.717, 1.165) is 5.70 Å². The number of carbonyl (C=O) groups is 1. The Hall–Kier alpha value is -1.51. The van der Waals surface area contributed by atoms with Crippen LogP contribution >= 0.6 is 0 Å². The Labute approximate surface area is 89.6 Å². The van der Waals surface area contributed by atoms with Crippen molar-refractivity contribution in [2.45, 2.75) is 20.8 Å². The van der Waals surface area contributed by atoms with E-state index in [0.29, 0.717) is 12.1 Å². The van der Waals surface area contributed by atoms with E-state index in [1.165, 1.54) is 0 Å². The Morgan fingerprint density at radius 3 is 2.21 bits per heavy atom. The summed E-state index contributed by atoms with van der Waals surface area (Å²) in [6, 6.07) is 0. The van der Waals surface area contributed by atoms with Crippen molar-refractivity contribution in [1.82, 2.24) is 10.6 Å². The average molecular weight is 200 g/mol. The molecule has 0 unspecified atom stereocenters. The van der Waals surface area contributed by atoms with Gasteiger partial charge in [0.2, 0.25) is 6.41 Å². The largest absolute Gasteiger partial charge is 0.388 e. The Bertz CT molecular complexity index is 226. The molecule has 2 N–H and O–H groups in total. The van der Waals surface area contributed by atoms with E-state index in [-0.39, 0.29) is 2.85 Å². The highest BCUT2D eigenvalue weighted by molar-refractivity contribution is 5.52. The van der Waals surface area contributed by atoms with Gasteiger partial charge in [0.1, 0.15) is 0 Å². The van der Waals surface area contributed by atoms with E-state index in [1.54, 1.807) is 12.2 Å². The summed E-state index contributed by atoms with van der Waals surface area (Å²) >= 11 is 0. The van der Waals surface area contributed by atoms with Gasteiger partial charge in [-0.1, -0.05) is 26.5 Å². The van der Waals surface area contributed by atoms with E-state index in [9.17, 15) is 4.79 Å². The molecule has 0 aromatic heterocycles. The molecule has 0 aliphatic rings. The first-order valence-corrected chi connectivity index (χ1v) is 4.66. The molecule has 0 radical (unpaired) electrons. The topological polar surface area (TPSA) is 41.1 Å². The van der Waals surface area contributed by atoms with Crippen LogP contribution in [0.15, 0.2) is 36.2 Å². The summed E-state index contributed by atoms with van der Waals surface area (Å²) in [6.45, 7) is 9.46. The van der Waals surface area contributed by atoms with Crippen LogP contribution in [0.1, 0.15) is 23.6 Å². The number of nitrogens with one attached hydrogen (secondary N) is 2. The summed E-state index contributed by atoms with van der Waals surface area (Å²) in [6.07, 6.45) is 5.89. The summed E-state index contributed by atoms with van der Waals surface area (Å²) in [4.78, 5) is 10.1. The fourth-order valence-corrected chi connectivity index (χ4v) is 0.695. The zero-order valence-corrected chi connectivity index (χ0v) is 9.42. The van der Waals surface area contributed by atoms with Gasteiger partial charge in [0.25, 0.3) is 0 Å². The number of rotatable bonds is 5. The minimum Gasteiger partial charge on any atom is -0.388 e. The van der Waals surface area contributed by atoms with Crippen LogP contribution in [0.25, 0.3) is 0 Å². The van der Waals surface area contributed by atoms with E-state index in [1.807, 2.05) is 33.9 Å². The molecule has 0 aromatic carbocycles. The van der Waals surface area contributed by atoms with Crippen LogP contribution in [0, 0.1) is 0 Å². The van der Waals surface area contributed by atoms with Gasteiger partial charge < -0.3 is 10.6 Å². The van der Waals surface area contributed by atoms with Crippen LogP contribution in [0.5, 0.6) is 0 Å². The number of hydrogen-bond donors (Lipinski definition) is 2.